The van der Waals surface area contributed by atoms with E-state index in [1.807, 2.05) is 20.8 Å². The van der Waals surface area contributed by atoms with Crippen LogP contribution in [0, 0.1) is 0 Å². The summed E-state index contributed by atoms with van der Waals surface area (Å²) in [5.41, 5.74) is 0. The van der Waals surface area contributed by atoms with E-state index in [9.17, 15) is 44.1 Å². The number of carboxylic acid groups (broad SMARTS) is 3. The van der Waals surface area contributed by atoms with Crippen LogP contribution in [0.15, 0.2) is 0 Å². The fraction of sp³-hybridized carbons (Fsp3) is 0.714. The number of hydrogen-bond acceptors (Lipinski definition) is 9. The van der Waals surface area contributed by atoms with Gasteiger partial charge in [-0.05, 0) is 19.3 Å². The second kappa shape index (κ2) is 26.3. The van der Waals surface area contributed by atoms with Crippen molar-refractivity contribution in [1.82, 2.24) is 0 Å². The molecule has 0 unspecified atom stereocenters. The Hall–Kier alpha value is -1.70. The molecule has 10 heteroatoms. The molecule has 0 bridgehead atoms. The Morgan fingerprint density at radius 1 is 0.484 bits per heavy atom. The van der Waals surface area contributed by atoms with Crippen molar-refractivity contribution in [2.75, 3.05) is 0 Å². The van der Waals surface area contributed by atoms with Gasteiger partial charge in [-0.1, -0.05) is 40.0 Å². The molecule has 0 saturated heterocycles. The molecule has 0 saturated carbocycles. The second-order valence-electron chi connectivity index (χ2n) is 6.57. The minimum absolute atomic E-state index is 0. The summed E-state index contributed by atoms with van der Waals surface area (Å²) >= 11 is 0. The Kier molecular flexibility index (Phi) is 31.2. The molecular weight excluding hydrogens is 487 g/mol. The normalized spacial score (nSPS) is 9.00. The monoisotopic (exact) mass is 519 g/mol. The van der Waals surface area contributed by atoms with E-state index in [0.717, 1.165) is 38.5 Å². The summed E-state index contributed by atoms with van der Waals surface area (Å²) in [6.07, 6.45) is 4.86. The molecule has 175 valence electrons. The molecule has 0 aromatic heterocycles. The summed E-state index contributed by atoms with van der Waals surface area (Å²) in [6.45, 7) is 5.85. The smallest absolute Gasteiger partial charge is 0.550 e. The summed E-state index contributed by atoms with van der Waals surface area (Å²) in [6, 6.07) is 0. The number of Topliss-reactive ketones (excluding diaryl/α,β-unsaturated/α-hetero) is 3. The molecule has 9 nitrogen and oxygen atoms in total. The van der Waals surface area contributed by atoms with Gasteiger partial charge >= 0.3 is 26.2 Å². The topological polar surface area (TPSA) is 172 Å². The van der Waals surface area contributed by atoms with Crippen molar-refractivity contribution in [1.29, 1.82) is 0 Å². The number of carbonyl (C=O) groups excluding carboxylic acids is 6. The number of rotatable bonds is 15. The Balaban J connectivity index is -0.000000174. The number of carbonyl (C=O) groups is 6. The molecule has 0 spiro atoms. The van der Waals surface area contributed by atoms with E-state index in [1.54, 1.807) is 0 Å². The molecule has 0 rings (SSSR count). The van der Waals surface area contributed by atoms with Crippen LogP contribution in [-0.4, -0.2) is 35.3 Å². The quantitative estimate of drug-likeness (QED) is 0.262. The van der Waals surface area contributed by atoms with Gasteiger partial charge in [0.1, 0.15) is 17.3 Å². The molecule has 0 atom stereocenters. The Morgan fingerprint density at radius 2 is 0.677 bits per heavy atom. The van der Waals surface area contributed by atoms with Gasteiger partial charge in [0.25, 0.3) is 0 Å². The summed E-state index contributed by atoms with van der Waals surface area (Å²) < 4.78 is 0. The summed E-state index contributed by atoms with van der Waals surface area (Å²) in [5.74, 6) is -4.53. The van der Waals surface area contributed by atoms with Crippen LogP contribution in [0.5, 0.6) is 0 Å². The zero-order valence-corrected chi connectivity index (χ0v) is 21.1. The van der Waals surface area contributed by atoms with Crippen LogP contribution in [0.25, 0.3) is 0 Å². The number of aliphatic carboxylic acids is 3. The van der Waals surface area contributed by atoms with Gasteiger partial charge in [0.2, 0.25) is 0 Å². The van der Waals surface area contributed by atoms with E-state index in [1.165, 1.54) is 0 Å². The molecule has 0 heterocycles. The minimum Gasteiger partial charge on any atom is -0.550 e. The molecule has 0 aliphatic heterocycles. The fourth-order valence-electron chi connectivity index (χ4n) is 1.87. The SMILES string of the molecule is CCCCC(=O)CC(=O)[O-].CCCCC(=O)CC(=O)[O-].CCCCC(=O)CC(=O)[O-].[Zr+3]. The molecule has 0 aliphatic carbocycles. The standard InChI is InChI=1S/3C7H12O3.Zr/c3*1-2-3-4-6(8)5-7(9)10;/h3*2-5H2,1H3,(H,9,10);/q;;;+3/p-3. The van der Waals surface area contributed by atoms with Crippen molar-refractivity contribution >= 4 is 35.3 Å². The first-order valence-corrected chi connectivity index (χ1v) is 10.1. The van der Waals surface area contributed by atoms with Crippen LogP contribution in [0.3, 0.4) is 0 Å². The van der Waals surface area contributed by atoms with Crippen molar-refractivity contribution in [3.63, 3.8) is 0 Å². The Labute approximate surface area is 203 Å². The van der Waals surface area contributed by atoms with E-state index in [0.29, 0.717) is 19.3 Å². The third-order valence-corrected chi connectivity index (χ3v) is 3.45. The molecule has 0 aromatic carbocycles. The van der Waals surface area contributed by atoms with Gasteiger partial charge < -0.3 is 29.7 Å². The van der Waals surface area contributed by atoms with Crippen molar-refractivity contribution in [2.45, 2.75) is 97.8 Å². The van der Waals surface area contributed by atoms with Crippen LogP contribution in [0.1, 0.15) is 97.8 Å². The second-order valence-corrected chi connectivity index (χ2v) is 6.57. The zero-order chi connectivity index (χ0) is 23.9. The first kappa shape index (κ1) is 36.7. The predicted molar refractivity (Wildman–Crippen MR) is 102 cm³/mol. The molecular formula is C21H33O9Zr. The van der Waals surface area contributed by atoms with E-state index >= 15 is 0 Å². The van der Waals surface area contributed by atoms with E-state index in [-0.39, 0.29) is 43.6 Å². The van der Waals surface area contributed by atoms with Gasteiger partial charge in [-0.25, -0.2) is 0 Å². The minimum atomic E-state index is -1.28. The molecule has 0 fully saturated rings. The van der Waals surface area contributed by atoms with E-state index in [4.69, 9.17) is 0 Å². The largest absolute Gasteiger partial charge is 3.00 e. The molecule has 31 heavy (non-hydrogen) atoms. The van der Waals surface area contributed by atoms with Crippen LogP contribution in [0.4, 0.5) is 0 Å². The van der Waals surface area contributed by atoms with Gasteiger partial charge in [-0.2, -0.15) is 0 Å². The van der Waals surface area contributed by atoms with Gasteiger partial charge in [-0.3, -0.25) is 14.4 Å². The maximum absolute atomic E-state index is 10.6. The van der Waals surface area contributed by atoms with Crippen LogP contribution < -0.4 is 15.3 Å². The molecule has 0 aromatic rings. The van der Waals surface area contributed by atoms with Crippen molar-refractivity contribution in [3.05, 3.63) is 0 Å². The van der Waals surface area contributed by atoms with E-state index < -0.39 is 37.2 Å². The van der Waals surface area contributed by atoms with Crippen LogP contribution >= 0.6 is 0 Å². The van der Waals surface area contributed by atoms with Gasteiger partial charge in [-0.15, -0.1) is 0 Å². The number of ketones is 3. The maximum Gasteiger partial charge on any atom is 3.00 e. The molecule has 1 radical (unpaired) electrons. The first-order valence-electron chi connectivity index (χ1n) is 10.1. The summed E-state index contributed by atoms with van der Waals surface area (Å²) in [7, 11) is 0. The van der Waals surface area contributed by atoms with Crippen molar-refractivity contribution in [3.8, 4) is 0 Å². The van der Waals surface area contributed by atoms with Gasteiger partial charge in [0.05, 0.1) is 0 Å². The third-order valence-electron chi connectivity index (χ3n) is 3.45. The number of carboxylic acids is 3. The van der Waals surface area contributed by atoms with E-state index in [2.05, 4.69) is 0 Å². The maximum atomic E-state index is 10.6. The summed E-state index contributed by atoms with van der Waals surface area (Å²) in [5, 5.41) is 29.5. The Morgan fingerprint density at radius 3 is 0.806 bits per heavy atom. The van der Waals surface area contributed by atoms with Crippen LogP contribution in [0.2, 0.25) is 0 Å². The number of unbranched alkanes of at least 4 members (excludes halogenated alkanes) is 3. The molecule has 0 amide bonds. The predicted octanol–water partition coefficient (Wildman–Crippen LogP) is -0.345. The zero-order valence-electron chi connectivity index (χ0n) is 18.7. The average molecular weight is 521 g/mol. The first-order chi connectivity index (χ1) is 14.0. The number of hydrogen-bond donors (Lipinski definition) is 0. The van der Waals surface area contributed by atoms with Crippen LogP contribution in [-0.2, 0) is 55.0 Å². The van der Waals surface area contributed by atoms with Crippen molar-refractivity contribution in [2.24, 2.45) is 0 Å². The van der Waals surface area contributed by atoms with Gasteiger partial charge in [0, 0.05) is 56.4 Å². The average Bonchev–Trinajstić information content (AvgIpc) is 2.62. The summed E-state index contributed by atoms with van der Waals surface area (Å²) in [4.78, 5) is 61.3. The fourth-order valence-corrected chi connectivity index (χ4v) is 1.87. The van der Waals surface area contributed by atoms with Crippen molar-refractivity contribution < 1.29 is 70.3 Å². The molecule has 0 aliphatic rings. The van der Waals surface area contributed by atoms with Gasteiger partial charge in [0.15, 0.2) is 0 Å². The Bertz CT molecular complexity index is 469. The molecule has 0 N–H and O–H groups in total. The third kappa shape index (κ3) is 39.4.